The van der Waals surface area contributed by atoms with Crippen LogP contribution in [0.4, 0.5) is 5.69 Å². The smallest absolute Gasteiger partial charge is 0.300 e. The maximum absolute atomic E-state index is 11.0. The molecule has 0 atom stereocenters. The van der Waals surface area contributed by atoms with E-state index in [0.29, 0.717) is 0 Å². The van der Waals surface area contributed by atoms with Gasteiger partial charge in [0.05, 0.1) is 4.92 Å². The summed E-state index contributed by atoms with van der Waals surface area (Å²) in [7, 11) is -4.69. The minimum atomic E-state index is -4.69. The normalized spacial score (nSPS) is 11.2. The van der Waals surface area contributed by atoms with E-state index < -0.39 is 25.6 Å². The number of ketones is 1. The van der Waals surface area contributed by atoms with Crippen LogP contribution in [0, 0.1) is 10.1 Å². The molecule has 8 heteroatoms. The van der Waals surface area contributed by atoms with Gasteiger partial charge in [0, 0.05) is 12.5 Å². The lowest BCUT2D eigenvalue weighted by molar-refractivity contribution is -0.387. The largest absolute Gasteiger partial charge is 0.301 e. The summed E-state index contributed by atoms with van der Waals surface area (Å²) in [6, 6.07) is 3.14. The van der Waals surface area contributed by atoms with Gasteiger partial charge in [-0.25, -0.2) is 0 Å². The summed E-state index contributed by atoms with van der Waals surface area (Å²) < 4.78 is 30.8. The van der Waals surface area contributed by atoms with Crippen molar-refractivity contribution in [1.29, 1.82) is 0 Å². The molecule has 7 nitrogen and oxygen atoms in total. The Morgan fingerprint density at radius 3 is 2.47 bits per heavy atom. The summed E-state index contributed by atoms with van der Waals surface area (Å²) in [4.78, 5) is 19.7. The van der Waals surface area contributed by atoms with Crippen molar-refractivity contribution in [3.05, 3.63) is 33.9 Å². The summed E-state index contributed by atoms with van der Waals surface area (Å²) >= 11 is 0. The first-order valence-corrected chi connectivity index (χ1v) is 5.90. The molecular weight excluding hydrogens is 250 g/mol. The van der Waals surface area contributed by atoms with Crippen molar-refractivity contribution in [3.63, 3.8) is 0 Å². The molecule has 92 valence electrons. The molecule has 0 spiro atoms. The van der Waals surface area contributed by atoms with Gasteiger partial charge in [0.2, 0.25) is 0 Å². The molecule has 0 amide bonds. The summed E-state index contributed by atoms with van der Waals surface area (Å²) in [5.41, 5.74) is -0.435. The second-order valence-electron chi connectivity index (χ2n) is 3.41. The fraction of sp³-hybridized carbons (Fsp3) is 0.222. The molecule has 0 aromatic heterocycles. The van der Waals surface area contributed by atoms with Gasteiger partial charge >= 0.3 is 10.1 Å². The lowest BCUT2D eigenvalue weighted by Gasteiger charge is -2.02. The van der Waals surface area contributed by atoms with E-state index in [-0.39, 0.29) is 17.8 Å². The van der Waals surface area contributed by atoms with E-state index in [1.54, 1.807) is 0 Å². The number of nitrogens with zero attached hydrogens (tertiary/aromatic N) is 1. The van der Waals surface area contributed by atoms with Gasteiger partial charge in [-0.15, -0.1) is 0 Å². The lowest BCUT2D eigenvalue weighted by Crippen LogP contribution is -2.05. The second kappa shape index (κ2) is 4.60. The molecule has 0 fully saturated rings. The average molecular weight is 259 g/mol. The van der Waals surface area contributed by atoms with E-state index in [1.165, 1.54) is 13.0 Å². The SMILES string of the molecule is CC(=O)Cc1ccc([N+](=O)[O-])c(S(=O)(=O)O)c1. The summed E-state index contributed by atoms with van der Waals surface area (Å²) in [5.74, 6) is -0.222. The van der Waals surface area contributed by atoms with E-state index >= 15 is 0 Å². The Labute approximate surface area is 97.0 Å². The van der Waals surface area contributed by atoms with Gasteiger partial charge in [-0.3, -0.25) is 19.5 Å². The summed E-state index contributed by atoms with van der Waals surface area (Å²) in [6.45, 7) is 1.30. The standard InChI is InChI=1S/C9H9NO6S/c1-6(11)4-7-2-3-8(10(12)13)9(5-7)17(14,15)16/h2-3,5H,4H2,1H3,(H,14,15,16). The predicted octanol–water partition coefficient (Wildman–Crippen LogP) is 0.973. The lowest BCUT2D eigenvalue weighted by atomic mass is 10.1. The topological polar surface area (TPSA) is 115 Å². The summed E-state index contributed by atoms with van der Waals surface area (Å²) in [6.07, 6.45) is -0.0550. The number of carbonyl (C=O) groups excluding carboxylic acids is 1. The van der Waals surface area contributed by atoms with E-state index in [0.717, 1.165) is 12.1 Å². The van der Waals surface area contributed by atoms with Crippen LogP contribution in [-0.2, 0) is 21.3 Å². The number of nitro benzene ring substituents is 1. The second-order valence-corrected chi connectivity index (χ2v) is 4.80. The minimum Gasteiger partial charge on any atom is -0.300 e. The molecule has 17 heavy (non-hydrogen) atoms. The molecule has 0 unspecified atom stereocenters. The van der Waals surface area contributed by atoms with Gasteiger partial charge < -0.3 is 0 Å². The molecule has 0 heterocycles. The molecule has 1 N–H and O–H groups in total. The molecule has 0 radical (unpaired) electrons. The van der Waals surface area contributed by atoms with Gasteiger partial charge in [0.15, 0.2) is 4.90 Å². The van der Waals surface area contributed by atoms with Crippen molar-refractivity contribution in [3.8, 4) is 0 Å². The van der Waals surface area contributed by atoms with Crippen molar-refractivity contribution < 1.29 is 22.7 Å². The van der Waals surface area contributed by atoms with Gasteiger partial charge in [-0.2, -0.15) is 8.42 Å². The van der Waals surface area contributed by atoms with Crippen LogP contribution < -0.4 is 0 Å². The third-order valence-electron chi connectivity index (χ3n) is 1.95. The molecule has 0 aliphatic carbocycles. The number of rotatable bonds is 4. The van der Waals surface area contributed by atoms with Crippen molar-refractivity contribution in [1.82, 2.24) is 0 Å². The van der Waals surface area contributed by atoms with Gasteiger partial charge in [-0.05, 0) is 18.6 Å². The Morgan fingerprint density at radius 1 is 1.47 bits per heavy atom. The summed E-state index contributed by atoms with van der Waals surface area (Å²) in [5, 5.41) is 10.6. The van der Waals surface area contributed by atoms with Crippen LogP contribution in [0.2, 0.25) is 0 Å². The first kappa shape index (κ1) is 13.3. The number of hydrogen-bond donors (Lipinski definition) is 1. The molecular formula is C9H9NO6S. The van der Waals surface area contributed by atoms with E-state index in [4.69, 9.17) is 4.55 Å². The van der Waals surface area contributed by atoms with E-state index in [1.807, 2.05) is 0 Å². The zero-order chi connectivity index (χ0) is 13.2. The van der Waals surface area contributed by atoms with Crippen molar-refractivity contribution >= 4 is 21.6 Å². The highest BCUT2D eigenvalue weighted by atomic mass is 32.2. The average Bonchev–Trinajstić information content (AvgIpc) is 2.14. The predicted molar refractivity (Wildman–Crippen MR) is 57.3 cm³/mol. The zero-order valence-corrected chi connectivity index (χ0v) is 9.60. The van der Waals surface area contributed by atoms with E-state index in [2.05, 4.69) is 0 Å². The number of carbonyl (C=O) groups is 1. The van der Waals surface area contributed by atoms with Crippen LogP contribution in [0.25, 0.3) is 0 Å². The number of Topliss-reactive ketones (excluding diaryl/α,β-unsaturated/α-hetero) is 1. The van der Waals surface area contributed by atoms with Gasteiger partial charge in [-0.1, -0.05) is 6.07 Å². The van der Waals surface area contributed by atoms with Gasteiger partial charge in [0.1, 0.15) is 5.78 Å². The third kappa shape index (κ3) is 3.33. The van der Waals surface area contributed by atoms with Crippen LogP contribution >= 0.6 is 0 Å². The molecule has 0 bridgehead atoms. The molecule has 1 aromatic carbocycles. The number of benzene rings is 1. The highest BCUT2D eigenvalue weighted by molar-refractivity contribution is 7.86. The molecule has 0 saturated heterocycles. The first-order chi connectivity index (χ1) is 7.71. The maximum atomic E-state index is 11.0. The maximum Gasteiger partial charge on any atom is 0.301 e. The molecule has 0 aliphatic heterocycles. The van der Waals surface area contributed by atoms with Crippen LogP contribution in [-0.4, -0.2) is 23.7 Å². The Bertz CT molecular complexity index is 577. The number of nitro groups is 1. The molecule has 0 saturated carbocycles. The van der Waals surface area contributed by atoms with Crippen LogP contribution in [0.3, 0.4) is 0 Å². The Kier molecular flexibility index (Phi) is 3.59. The Hall–Kier alpha value is -1.80. The Morgan fingerprint density at radius 2 is 2.06 bits per heavy atom. The van der Waals surface area contributed by atoms with Gasteiger partial charge in [0.25, 0.3) is 5.69 Å². The quantitative estimate of drug-likeness (QED) is 0.489. The first-order valence-electron chi connectivity index (χ1n) is 4.46. The fourth-order valence-corrected chi connectivity index (χ4v) is 2.02. The molecule has 0 aliphatic rings. The molecule has 1 aromatic rings. The highest BCUT2D eigenvalue weighted by Gasteiger charge is 2.24. The zero-order valence-electron chi connectivity index (χ0n) is 8.78. The monoisotopic (exact) mass is 259 g/mol. The fourth-order valence-electron chi connectivity index (χ4n) is 1.31. The number of hydrogen-bond acceptors (Lipinski definition) is 5. The third-order valence-corrected chi connectivity index (χ3v) is 2.83. The van der Waals surface area contributed by atoms with Crippen LogP contribution in [0.5, 0.6) is 0 Å². The van der Waals surface area contributed by atoms with Crippen molar-refractivity contribution in [2.45, 2.75) is 18.2 Å². The van der Waals surface area contributed by atoms with E-state index in [9.17, 15) is 23.3 Å². The van der Waals surface area contributed by atoms with Crippen LogP contribution in [0.15, 0.2) is 23.1 Å². The Balaban J connectivity index is 3.40. The van der Waals surface area contributed by atoms with Crippen molar-refractivity contribution in [2.24, 2.45) is 0 Å². The van der Waals surface area contributed by atoms with Crippen LogP contribution in [0.1, 0.15) is 12.5 Å². The minimum absolute atomic E-state index is 0.0550. The van der Waals surface area contributed by atoms with Crippen molar-refractivity contribution in [2.75, 3.05) is 0 Å². The molecule has 1 rings (SSSR count). The highest BCUT2D eigenvalue weighted by Crippen LogP contribution is 2.24.